The largest absolute Gasteiger partial charge is 0.396 e. The number of carbonyl (C=O) groups is 2. The Bertz CT molecular complexity index is 303. The quantitative estimate of drug-likeness (QED) is 0.618. The van der Waals surface area contributed by atoms with Crippen LogP contribution in [0.4, 0.5) is 4.79 Å². The molecular weight excluding hydrogens is 250 g/mol. The van der Waals surface area contributed by atoms with Gasteiger partial charge in [-0.3, -0.25) is 4.79 Å². The molecule has 1 saturated heterocycles. The Morgan fingerprint density at radius 2 is 1.89 bits per heavy atom. The van der Waals surface area contributed by atoms with Gasteiger partial charge in [-0.15, -0.1) is 0 Å². The third kappa shape index (κ3) is 5.44. The van der Waals surface area contributed by atoms with Crippen molar-refractivity contribution < 1.29 is 19.4 Å². The molecule has 0 aromatic rings. The van der Waals surface area contributed by atoms with Crippen molar-refractivity contribution in [3.8, 4) is 0 Å². The SMILES string of the molecule is CC(C)NC(=O)C(CCO)NC(=O)N1CCOCC1. The zero-order valence-corrected chi connectivity index (χ0v) is 11.5. The monoisotopic (exact) mass is 273 g/mol. The van der Waals surface area contributed by atoms with E-state index in [-0.39, 0.29) is 31.0 Å². The smallest absolute Gasteiger partial charge is 0.318 e. The fourth-order valence-corrected chi connectivity index (χ4v) is 1.79. The summed E-state index contributed by atoms with van der Waals surface area (Å²) < 4.78 is 5.16. The Hall–Kier alpha value is -1.34. The van der Waals surface area contributed by atoms with Gasteiger partial charge in [-0.25, -0.2) is 4.79 Å². The summed E-state index contributed by atoms with van der Waals surface area (Å²) in [6, 6.07) is -1.00. The van der Waals surface area contributed by atoms with E-state index >= 15 is 0 Å². The molecule has 0 aliphatic carbocycles. The molecule has 0 radical (unpaired) electrons. The molecule has 1 unspecified atom stereocenters. The van der Waals surface area contributed by atoms with Crippen LogP contribution < -0.4 is 10.6 Å². The number of aliphatic hydroxyl groups excluding tert-OH is 1. The highest BCUT2D eigenvalue weighted by Crippen LogP contribution is 2.00. The number of rotatable bonds is 5. The maximum absolute atomic E-state index is 12.0. The van der Waals surface area contributed by atoms with Crippen molar-refractivity contribution in [3.05, 3.63) is 0 Å². The highest BCUT2D eigenvalue weighted by molar-refractivity contribution is 5.87. The second-order valence-corrected chi connectivity index (χ2v) is 4.78. The zero-order valence-electron chi connectivity index (χ0n) is 11.5. The molecule has 3 N–H and O–H groups in total. The van der Waals surface area contributed by atoms with Gasteiger partial charge in [-0.1, -0.05) is 0 Å². The summed E-state index contributed by atoms with van der Waals surface area (Å²) in [4.78, 5) is 25.5. The van der Waals surface area contributed by atoms with Crippen LogP contribution in [0.5, 0.6) is 0 Å². The van der Waals surface area contributed by atoms with Crippen molar-refractivity contribution in [1.82, 2.24) is 15.5 Å². The van der Waals surface area contributed by atoms with Gasteiger partial charge in [0.1, 0.15) is 6.04 Å². The van der Waals surface area contributed by atoms with Crippen LogP contribution >= 0.6 is 0 Å². The molecule has 19 heavy (non-hydrogen) atoms. The third-order valence-electron chi connectivity index (χ3n) is 2.76. The van der Waals surface area contributed by atoms with Gasteiger partial charge < -0.3 is 25.4 Å². The number of ether oxygens (including phenoxy) is 1. The van der Waals surface area contributed by atoms with Crippen molar-refractivity contribution in [2.75, 3.05) is 32.9 Å². The first-order valence-corrected chi connectivity index (χ1v) is 6.59. The van der Waals surface area contributed by atoms with Gasteiger partial charge in [0.15, 0.2) is 0 Å². The summed E-state index contributed by atoms with van der Waals surface area (Å²) in [5, 5.41) is 14.4. The van der Waals surface area contributed by atoms with Gasteiger partial charge in [0.05, 0.1) is 13.2 Å². The Kier molecular flexibility index (Phi) is 6.58. The molecule has 1 aliphatic heterocycles. The van der Waals surface area contributed by atoms with E-state index in [1.165, 1.54) is 0 Å². The average molecular weight is 273 g/mol. The summed E-state index contributed by atoms with van der Waals surface area (Å²) in [6.07, 6.45) is 0.203. The minimum absolute atomic E-state index is 0.00557. The Labute approximate surface area is 113 Å². The topological polar surface area (TPSA) is 90.9 Å². The van der Waals surface area contributed by atoms with Crippen LogP contribution in [0.15, 0.2) is 0 Å². The van der Waals surface area contributed by atoms with E-state index in [0.717, 1.165) is 0 Å². The lowest BCUT2D eigenvalue weighted by atomic mass is 10.2. The maximum Gasteiger partial charge on any atom is 0.318 e. The maximum atomic E-state index is 12.0. The number of morpholine rings is 1. The standard InChI is InChI=1S/C12H23N3O4/c1-9(2)13-11(17)10(3-6-16)14-12(18)15-4-7-19-8-5-15/h9-10,16H,3-8H2,1-2H3,(H,13,17)(H,14,18). The zero-order chi connectivity index (χ0) is 14.3. The highest BCUT2D eigenvalue weighted by atomic mass is 16.5. The van der Waals surface area contributed by atoms with E-state index in [1.54, 1.807) is 4.90 Å². The van der Waals surface area contributed by atoms with Gasteiger partial charge in [0.25, 0.3) is 0 Å². The summed E-state index contributed by atoms with van der Waals surface area (Å²) in [5.41, 5.74) is 0. The fraction of sp³-hybridized carbons (Fsp3) is 0.833. The Balaban J connectivity index is 2.51. The normalized spacial score (nSPS) is 17.2. The van der Waals surface area contributed by atoms with E-state index in [0.29, 0.717) is 26.3 Å². The lowest BCUT2D eigenvalue weighted by Crippen LogP contribution is -2.54. The molecule has 0 saturated carbocycles. The van der Waals surface area contributed by atoms with Crippen LogP contribution in [0, 0.1) is 0 Å². The van der Waals surface area contributed by atoms with Crippen molar-refractivity contribution in [2.24, 2.45) is 0 Å². The second kappa shape index (κ2) is 7.96. The van der Waals surface area contributed by atoms with Crippen LogP contribution in [-0.2, 0) is 9.53 Å². The number of urea groups is 1. The average Bonchev–Trinajstić information content (AvgIpc) is 2.38. The molecular formula is C12H23N3O4. The lowest BCUT2D eigenvalue weighted by Gasteiger charge is -2.29. The van der Waals surface area contributed by atoms with Gasteiger partial charge in [0.2, 0.25) is 5.91 Å². The van der Waals surface area contributed by atoms with Crippen molar-refractivity contribution in [2.45, 2.75) is 32.4 Å². The molecule has 0 bridgehead atoms. The molecule has 7 heteroatoms. The molecule has 0 spiro atoms. The summed E-state index contributed by atoms with van der Waals surface area (Å²) >= 11 is 0. The van der Waals surface area contributed by atoms with Crippen molar-refractivity contribution in [3.63, 3.8) is 0 Å². The van der Waals surface area contributed by atoms with Gasteiger partial charge in [-0.2, -0.15) is 0 Å². The molecule has 1 rings (SSSR count). The van der Waals surface area contributed by atoms with E-state index in [2.05, 4.69) is 10.6 Å². The van der Waals surface area contributed by atoms with Gasteiger partial charge >= 0.3 is 6.03 Å². The number of carbonyl (C=O) groups excluding carboxylic acids is 2. The predicted molar refractivity (Wildman–Crippen MR) is 69.7 cm³/mol. The van der Waals surface area contributed by atoms with Gasteiger partial charge in [0, 0.05) is 25.7 Å². The van der Waals surface area contributed by atoms with Crippen LogP contribution in [0.2, 0.25) is 0 Å². The summed E-state index contributed by atoms with van der Waals surface area (Å²) in [7, 11) is 0. The van der Waals surface area contributed by atoms with Crippen molar-refractivity contribution >= 4 is 11.9 Å². The third-order valence-corrected chi connectivity index (χ3v) is 2.76. The van der Waals surface area contributed by atoms with Crippen molar-refractivity contribution in [1.29, 1.82) is 0 Å². The Morgan fingerprint density at radius 3 is 2.42 bits per heavy atom. The molecule has 1 fully saturated rings. The molecule has 1 aliphatic rings. The number of aliphatic hydroxyl groups is 1. The summed E-state index contributed by atoms with van der Waals surface area (Å²) in [5.74, 6) is -0.273. The van der Waals surface area contributed by atoms with Crippen LogP contribution in [0.1, 0.15) is 20.3 Å². The predicted octanol–water partition coefficient (Wildman–Crippen LogP) is -0.696. The highest BCUT2D eigenvalue weighted by Gasteiger charge is 2.24. The van der Waals surface area contributed by atoms with E-state index < -0.39 is 6.04 Å². The van der Waals surface area contributed by atoms with E-state index in [4.69, 9.17) is 9.84 Å². The summed E-state index contributed by atoms with van der Waals surface area (Å²) in [6.45, 7) is 5.59. The van der Waals surface area contributed by atoms with E-state index in [9.17, 15) is 9.59 Å². The van der Waals surface area contributed by atoms with E-state index in [1.807, 2.05) is 13.8 Å². The van der Waals surface area contributed by atoms with Gasteiger partial charge in [-0.05, 0) is 20.3 Å². The number of amides is 3. The molecule has 1 heterocycles. The van der Waals surface area contributed by atoms with Crippen LogP contribution in [0.25, 0.3) is 0 Å². The molecule has 3 amide bonds. The minimum atomic E-state index is -0.706. The first kappa shape index (κ1) is 15.7. The number of nitrogens with zero attached hydrogens (tertiary/aromatic N) is 1. The molecule has 0 aromatic carbocycles. The lowest BCUT2D eigenvalue weighted by molar-refractivity contribution is -0.123. The van der Waals surface area contributed by atoms with Crippen LogP contribution in [-0.4, -0.2) is 66.9 Å². The first-order chi connectivity index (χ1) is 9.04. The molecule has 0 aromatic heterocycles. The fourth-order valence-electron chi connectivity index (χ4n) is 1.79. The Morgan fingerprint density at radius 1 is 1.26 bits per heavy atom. The molecule has 7 nitrogen and oxygen atoms in total. The minimum Gasteiger partial charge on any atom is -0.396 e. The number of hydrogen-bond acceptors (Lipinski definition) is 4. The second-order valence-electron chi connectivity index (χ2n) is 4.78. The number of hydrogen-bond donors (Lipinski definition) is 3. The first-order valence-electron chi connectivity index (χ1n) is 6.59. The van der Waals surface area contributed by atoms with Crippen LogP contribution in [0.3, 0.4) is 0 Å². The number of nitrogens with one attached hydrogen (secondary N) is 2. The molecule has 1 atom stereocenters. The molecule has 110 valence electrons.